The highest BCUT2D eigenvalue weighted by Gasteiger charge is 2.30. The average Bonchev–Trinajstić information content (AvgIpc) is 3.59. The monoisotopic (exact) mass is 1210 g/mol. The van der Waals surface area contributed by atoms with Crippen LogP contribution in [0.5, 0.6) is 0 Å². The summed E-state index contributed by atoms with van der Waals surface area (Å²) in [5.74, 6) is -0.505. The molecule has 0 radical (unpaired) electrons. The first-order valence-electron chi connectivity index (χ1n) is 35.9. The van der Waals surface area contributed by atoms with Gasteiger partial charge in [-0.15, -0.1) is 0 Å². The third-order valence-electron chi connectivity index (χ3n) is 15.8. The third-order valence-corrected chi connectivity index (χ3v) is 16.8. The number of nitrogens with zero attached hydrogens (tertiary/aromatic N) is 1. The number of carbonyl (C=O) groups is 2. The molecule has 0 saturated carbocycles. The summed E-state index contributed by atoms with van der Waals surface area (Å²) >= 11 is 0. The molecule has 9 nitrogen and oxygen atoms in total. The second kappa shape index (κ2) is 64.2. The molecule has 1 amide bonds. The van der Waals surface area contributed by atoms with Crippen molar-refractivity contribution < 1.29 is 37.3 Å². The van der Waals surface area contributed by atoms with Gasteiger partial charge in [0.05, 0.1) is 33.8 Å². The topological polar surface area (TPSA) is 111 Å². The lowest BCUT2D eigenvalue weighted by Gasteiger charge is -2.27. The molecule has 0 saturated heterocycles. The van der Waals surface area contributed by atoms with Gasteiger partial charge in [0.1, 0.15) is 19.3 Å². The Morgan fingerprint density at radius 1 is 0.424 bits per heavy atom. The molecule has 0 aliphatic carbocycles. The minimum atomic E-state index is -4.46. The van der Waals surface area contributed by atoms with Crippen LogP contribution >= 0.6 is 7.82 Å². The van der Waals surface area contributed by atoms with Gasteiger partial charge in [0.2, 0.25) is 5.91 Å². The highest BCUT2D eigenvalue weighted by Crippen LogP contribution is 2.43. The van der Waals surface area contributed by atoms with Gasteiger partial charge in [-0.05, 0) is 83.1 Å². The molecule has 494 valence electrons. The number of likely N-dealkylation sites (N-methyl/N-ethyl adjacent to an activating group) is 1. The highest BCUT2D eigenvalue weighted by atomic mass is 31.2. The van der Waals surface area contributed by atoms with E-state index in [2.05, 4.69) is 99.0 Å². The summed E-state index contributed by atoms with van der Waals surface area (Å²) in [6.45, 7) is 6.93. The van der Waals surface area contributed by atoms with E-state index in [0.717, 1.165) is 109 Å². The average molecular weight is 1210 g/mol. The Morgan fingerprint density at radius 2 is 0.753 bits per heavy atom. The molecule has 0 fully saturated rings. The number of ether oxygens (including phenoxy) is 1. The molecule has 85 heavy (non-hydrogen) atoms. The van der Waals surface area contributed by atoms with Crippen LogP contribution in [0, 0.1) is 0 Å². The number of phosphoric ester groups is 1. The zero-order valence-electron chi connectivity index (χ0n) is 56.6. The van der Waals surface area contributed by atoms with Gasteiger partial charge < -0.3 is 19.4 Å². The van der Waals surface area contributed by atoms with Gasteiger partial charge in [0.15, 0.2) is 0 Å². The minimum Gasteiger partial charge on any atom is -0.456 e. The number of quaternary nitrogens is 1. The van der Waals surface area contributed by atoms with Crippen molar-refractivity contribution in [2.24, 2.45) is 0 Å². The van der Waals surface area contributed by atoms with Crippen LogP contribution in [0.25, 0.3) is 0 Å². The van der Waals surface area contributed by atoms with Crippen LogP contribution in [0.3, 0.4) is 0 Å². The first-order chi connectivity index (χ1) is 41.4. The molecule has 0 aromatic rings. The zero-order chi connectivity index (χ0) is 62.1. The Labute approximate surface area is 526 Å². The maximum Gasteiger partial charge on any atom is 0.472 e. The fraction of sp³-hybridized carbons (Fsp3) is 0.787. The fourth-order valence-corrected chi connectivity index (χ4v) is 11.1. The molecular weight excluding hydrogens is 1070 g/mol. The van der Waals surface area contributed by atoms with Crippen LogP contribution in [0.4, 0.5) is 0 Å². The molecular formula is C75H138N2O7P+. The summed E-state index contributed by atoms with van der Waals surface area (Å²) in [6, 6.07) is -0.854. The molecule has 0 spiro atoms. The van der Waals surface area contributed by atoms with Crippen LogP contribution in [0.1, 0.15) is 329 Å². The van der Waals surface area contributed by atoms with Crippen LogP contribution in [-0.2, 0) is 27.9 Å². The van der Waals surface area contributed by atoms with Gasteiger partial charge >= 0.3 is 13.8 Å². The maximum atomic E-state index is 13.6. The predicted molar refractivity (Wildman–Crippen MR) is 369 cm³/mol. The molecule has 3 atom stereocenters. The van der Waals surface area contributed by atoms with E-state index in [9.17, 15) is 19.0 Å². The van der Waals surface area contributed by atoms with Gasteiger partial charge in [0, 0.05) is 12.8 Å². The summed E-state index contributed by atoms with van der Waals surface area (Å²) in [5.41, 5.74) is 0. The van der Waals surface area contributed by atoms with E-state index in [-0.39, 0.29) is 31.5 Å². The van der Waals surface area contributed by atoms with E-state index in [4.69, 9.17) is 13.8 Å². The quantitative estimate of drug-likeness (QED) is 0.0205. The number of hydrogen-bond donors (Lipinski definition) is 2. The normalized spacial score (nSPS) is 14.0. The molecule has 0 aromatic heterocycles. The number of esters is 1. The van der Waals surface area contributed by atoms with E-state index in [1.807, 2.05) is 33.3 Å². The van der Waals surface area contributed by atoms with Gasteiger partial charge in [-0.2, -0.15) is 0 Å². The van der Waals surface area contributed by atoms with Crippen molar-refractivity contribution in [1.82, 2.24) is 5.32 Å². The van der Waals surface area contributed by atoms with Crippen molar-refractivity contribution in [3.8, 4) is 0 Å². The minimum absolute atomic E-state index is 0.0376. The van der Waals surface area contributed by atoms with E-state index in [1.165, 1.54) is 186 Å². The smallest absolute Gasteiger partial charge is 0.456 e. The number of unbranched alkanes of at least 4 members (excludes halogenated alkanes) is 37. The van der Waals surface area contributed by atoms with E-state index < -0.39 is 20.0 Å². The van der Waals surface area contributed by atoms with Gasteiger partial charge in [-0.25, -0.2) is 4.57 Å². The van der Waals surface area contributed by atoms with E-state index in [1.54, 1.807) is 0 Å². The van der Waals surface area contributed by atoms with Crippen molar-refractivity contribution in [3.63, 3.8) is 0 Å². The lowest BCUT2D eigenvalue weighted by Crippen LogP contribution is -2.47. The fourth-order valence-electron chi connectivity index (χ4n) is 10.4. The molecule has 0 rings (SSSR count). The Balaban J connectivity index is 5.02. The number of carbonyl (C=O) groups excluding carboxylic acids is 2. The lowest BCUT2D eigenvalue weighted by atomic mass is 10.0. The van der Waals surface area contributed by atoms with Crippen molar-refractivity contribution in [2.45, 2.75) is 341 Å². The Hall–Kier alpha value is -2.81. The molecule has 0 aromatic carbocycles. The first kappa shape index (κ1) is 82.2. The predicted octanol–water partition coefficient (Wildman–Crippen LogP) is 22.9. The molecule has 0 heterocycles. The van der Waals surface area contributed by atoms with E-state index >= 15 is 0 Å². The number of phosphoric acid groups is 1. The summed E-state index contributed by atoms with van der Waals surface area (Å²) < 4.78 is 30.8. The summed E-state index contributed by atoms with van der Waals surface area (Å²) in [7, 11) is 1.49. The van der Waals surface area contributed by atoms with E-state index in [0.29, 0.717) is 17.4 Å². The first-order valence-corrected chi connectivity index (χ1v) is 37.4. The highest BCUT2D eigenvalue weighted by molar-refractivity contribution is 7.47. The van der Waals surface area contributed by atoms with Gasteiger partial charge in [-0.3, -0.25) is 18.6 Å². The van der Waals surface area contributed by atoms with Crippen molar-refractivity contribution >= 4 is 19.7 Å². The molecule has 0 aliphatic heterocycles. The number of nitrogens with one attached hydrogen (secondary N) is 1. The third kappa shape index (κ3) is 65.5. The SMILES string of the molecule is CC/C=C\C/C=C\C/C=C\C/C=C\C/C=C\C/C=C\CCCCCCCCCCC(=O)OC(/C=C/CCCCCCCCCCC)C(COP(=O)(O)OCC[N+](C)(C)C)NC(=O)CCCCCCCCCCCCCCCCCCCCCCC. The van der Waals surface area contributed by atoms with Gasteiger partial charge in [0.25, 0.3) is 0 Å². The van der Waals surface area contributed by atoms with Crippen molar-refractivity contribution in [1.29, 1.82) is 0 Å². The summed E-state index contributed by atoms with van der Waals surface area (Å²) in [4.78, 5) is 37.9. The zero-order valence-corrected chi connectivity index (χ0v) is 57.5. The molecule has 10 heteroatoms. The van der Waals surface area contributed by atoms with Crippen LogP contribution < -0.4 is 5.32 Å². The molecule has 2 N–H and O–H groups in total. The lowest BCUT2D eigenvalue weighted by molar-refractivity contribution is -0.870. The van der Waals surface area contributed by atoms with Crippen LogP contribution in [-0.4, -0.2) is 74.3 Å². The number of amides is 1. The summed E-state index contributed by atoms with van der Waals surface area (Å²) in [5, 5.41) is 3.07. The van der Waals surface area contributed by atoms with Gasteiger partial charge in [-0.1, -0.05) is 318 Å². The second-order valence-electron chi connectivity index (χ2n) is 25.4. The Morgan fingerprint density at radius 3 is 1.13 bits per heavy atom. The maximum absolute atomic E-state index is 13.6. The molecule has 3 unspecified atom stereocenters. The number of hydrogen-bond acceptors (Lipinski definition) is 6. The Kier molecular flexibility index (Phi) is 62.1. The second-order valence-corrected chi connectivity index (χ2v) is 26.8. The number of rotatable bonds is 65. The van der Waals surface area contributed by atoms with Crippen molar-refractivity contribution in [3.05, 3.63) is 85.1 Å². The molecule has 0 bridgehead atoms. The van der Waals surface area contributed by atoms with Crippen LogP contribution in [0.2, 0.25) is 0 Å². The largest absolute Gasteiger partial charge is 0.472 e. The number of allylic oxidation sites excluding steroid dienone is 13. The Bertz CT molecular complexity index is 1730. The summed E-state index contributed by atoms with van der Waals surface area (Å²) in [6.07, 6.45) is 86.0. The van der Waals surface area contributed by atoms with Crippen molar-refractivity contribution in [2.75, 3.05) is 40.9 Å². The molecule has 0 aliphatic rings. The van der Waals surface area contributed by atoms with Crippen LogP contribution in [0.15, 0.2) is 85.1 Å². The standard InChI is InChI=1S/C75H137N2O7P/c1-7-10-13-16-19-22-25-27-29-31-33-35-36-37-38-39-40-42-44-46-48-50-53-56-59-62-65-68-75(79)84-73(66-63-60-57-54-51-24-21-18-15-12-9-3)72(71-83-85(80,81)82-70-69-77(4,5)6)76-74(78)67-64-61-58-55-52-49-47-45-43-41-34-32-30-28-26-23-20-17-14-11-8-2/h10,13,19,22,27,29,33,35,37-38,40,42,63,66,72-73H,7-9,11-12,14-18,20-21,23-26,28,30-32,34,36,39,41,43-62,64-65,67-71H2,1-6H3,(H-,76,78,80,81)/p+1/b13-10-,22-19-,29-27-,35-33-,38-37-,42-40-,66-63+.